The molecule has 1 aromatic rings. The molecule has 0 bridgehead atoms. The Hall–Kier alpha value is -1.27. The van der Waals surface area contributed by atoms with Crippen molar-refractivity contribution in [2.75, 3.05) is 13.2 Å². The molecule has 6 heteroatoms. The highest BCUT2D eigenvalue weighted by molar-refractivity contribution is 9.10. The van der Waals surface area contributed by atoms with E-state index in [9.17, 15) is 4.79 Å². The Labute approximate surface area is 134 Å². The zero-order chi connectivity index (χ0) is 15.8. The summed E-state index contributed by atoms with van der Waals surface area (Å²) in [5.41, 5.74) is 6.32. The van der Waals surface area contributed by atoms with E-state index in [0.29, 0.717) is 18.1 Å². The Morgan fingerprint density at radius 1 is 1.43 bits per heavy atom. The van der Waals surface area contributed by atoms with Gasteiger partial charge in [0, 0.05) is 6.54 Å². The van der Waals surface area contributed by atoms with Crippen molar-refractivity contribution in [2.45, 2.75) is 39.8 Å². The van der Waals surface area contributed by atoms with Crippen LogP contribution in [0.1, 0.15) is 32.8 Å². The molecule has 118 valence electrons. The van der Waals surface area contributed by atoms with Gasteiger partial charge < -0.3 is 20.5 Å². The molecule has 21 heavy (non-hydrogen) atoms. The van der Waals surface area contributed by atoms with Crippen LogP contribution in [0, 0.1) is 0 Å². The summed E-state index contributed by atoms with van der Waals surface area (Å²) in [6.07, 6.45) is 0.362. The van der Waals surface area contributed by atoms with Gasteiger partial charge in [-0.1, -0.05) is 6.92 Å². The quantitative estimate of drug-likeness (QED) is 0.665. The zero-order valence-electron chi connectivity index (χ0n) is 12.7. The third kappa shape index (κ3) is 5.55. The molecular weight excluding hydrogens is 336 g/mol. The monoisotopic (exact) mass is 358 g/mol. The first-order valence-corrected chi connectivity index (χ1v) is 7.90. The number of hydrogen-bond acceptors (Lipinski definition) is 4. The first kappa shape index (κ1) is 17.8. The lowest BCUT2D eigenvalue weighted by Crippen LogP contribution is -2.31. The molecule has 0 fully saturated rings. The van der Waals surface area contributed by atoms with Gasteiger partial charge in [-0.15, -0.1) is 0 Å². The van der Waals surface area contributed by atoms with E-state index in [1.54, 1.807) is 6.92 Å². The lowest BCUT2D eigenvalue weighted by molar-refractivity contribution is -0.124. The summed E-state index contributed by atoms with van der Waals surface area (Å²) in [5.74, 6) is 0.591. The van der Waals surface area contributed by atoms with Gasteiger partial charge in [0.05, 0.1) is 11.1 Å². The number of rotatable bonds is 9. The minimum absolute atomic E-state index is 0.502. The number of halogens is 1. The van der Waals surface area contributed by atoms with Crippen LogP contribution in [0.5, 0.6) is 11.5 Å². The summed E-state index contributed by atoms with van der Waals surface area (Å²) in [4.78, 5) is 11.2. The number of carbonyl (C=O) groups is 1. The van der Waals surface area contributed by atoms with E-state index in [-0.39, 0.29) is 0 Å². The van der Waals surface area contributed by atoms with Crippen molar-refractivity contribution in [2.24, 2.45) is 5.73 Å². The van der Waals surface area contributed by atoms with Crippen molar-refractivity contribution in [1.29, 1.82) is 0 Å². The lowest BCUT2D eigenvalue weighted by atomic mass is 10.2. The predicted molar refractivity (Wildman–Crippen MR) is 86.6 cm³/mol. The first-order chi connectivity index (χ1) is 9.99. The van der Waals surface area contributed by atoms with E-state index < -0.39 is 12.0 Å². The van der Waals surface area contributed by atoms with Crippen LogP contribution in [-0.4, -0.2) is 25.2 Å². The van der Waals surface area contributed by atoms with Crippen molar-refractivity contribution in [3.05, 3.63) is 22.2 Å². The molecule has 0 aliphatic heterocycles. The van der Waals surface area contributed by atoms with Crippen LogP contribution in [0.15, 0.2) is 16.6 Å². The molecule has 1 aromatic carbocycles. The Morgan fingerprint density at radius 3 is 2.71 bits per heavy atom. The second kappa shape index (κ2) is 8.89. The molecule has 0 aliphatic rings. The molecule has 0 radical (unpaired) electrons. The molecule has 0 aliphatic carbocycles. The third-order valence-electron chi connectivity index (χ3n) is 2.82. The number of nitrogens with two attached hydrogens (primary N) is 1. The maximum Gasteiger partial charge on any atom is 0.258 e. The van der Waals surface area contributed by atoms with E-state index in [4.69, 9.17) is 15.2 Å². The molecule has 1 rings (SSSR count). The number of primary amides is 1. The number of benzene rings is 1. The van der Waals surface area contributed by atoms with E-state index in [1.807, 2.05) is 19.1 Å². The van der Waals surface area contributed by atoms with Gasteiger partial charge in [-0.3, -0.25) is 4.79 Å². The van der Waals surface area contributed by atoms with Crippen LogP contribution in [-0.2, 0) is 11.3 Å². The molecule has 0 saturated heterocycles. The van der Waals surface area contributed by atoms with Gasteiger partial charge in [0.1, 0.15) is 0 Å². The minimum atomic E-state index is -0.718. The minimum Gasteiger partial charge on any atom is -0.490 e. The van der Waals surface area contributed by atoms with Gasteiger partial charge in [0.25, 0.3) is 5.91 Å². The average Bonchev–Trinajstić information content (AvgIpc) is 2.43. The van der Waals surface area contributed by atoms with Gasteiger partial charge in [-0.25, -0.2) is 0 Å². The highest BCUT2D eigenvalue weighted by Crippen LogP contribution is 2.37. The number of hydrogen-bond donors (Lipinski definition) is 2. The van der Waals surface area contributed by atoms with E-state index in [2.05, 4.69) is 28.2 Å². The van der Waals surface area contributed by atoms with E-state index in [0.717, 1.165) is 29.5 Å². The molecule has 1 atom stereocenters. The number of amides is 1. The smallest absolute Gasteiger partial charge is 0.258 e. The SMILES string of the molecule is CCCNCc1cc(Br)c(OC(C)C(N)=O)c(OCC)c1. The lowest BCUT2D eigenvalue weighted by Gasteiger charge is -2.18. The van der Waals surface area contributed by atoms with Gasteiger partial charge >= 0.3 is 0 Å². The summed E-state index contributed by atoms with van der Waals surface area (Å²) >= 11 is 3.47. The molecule has 5 nitrogen and oxygen atoms in total. The molecule has 0 aromatic heterocycles. The number of carbonyl (C=O) groups excluding carboxylic acids is 1. The standard InChI is InChI=1S/C15H23BrN2O3/c1-4-6-18-9-11-7-12(16)14(13(8-11)20-5-2)21-10(3)15(17)19/h7-8,10,18H,4-6,9H2,1-3H3,(H2,17,19). The van der Waals surface area contributed by atoms with Crippen molar-refractivity contribution in [3.8, 4) is 11.5 Å². The Kier molecular flexibility index (Phi) is 7.53. The normalized spacial score (nSPS) is 12.0. The Morgan fingerprint density at radius 2 is 2.14 bits per heavy atom. The summed E-state index contributed by atoms with van der Waals surface area (Å²) < 4.78 is 12.0. The van der Waals surface area contributed by atoms with Gasteiger partial charge in [0.2, 0.25) is 0 Å². The fraction of sp³-hybridized carbons (Fsp3) is 0.533. The van der Waals surface area contributed by atoms with Crippen LogP contribution < -0.4 is 20.5 Å². The second-order valence-corrected chi connectivity index (χ2v) is 5.53. The topological polar surface area (TPSA) is 73.6 Å². The van der Waals surface area contributed by atoms with Crippen LogP contribution in [0.4, 0.5) is 0 Å². The average molecular weight is 359 g/mol. The zero-order valence-corrected chi connectivity index (χ0v) is 14.3. The van der Waals surface area contributed by atoms with Crippen molar-refractivity contribution in [1.82, 2.24) is 5.32 Å². The fourth-order valence-corrected chi connectivity index (χ4v) is 2.33. The summed E-state index contributed by atoms with van der Waals surface area (Å²) in [6, 6.07) is 3.87. The highest BCUT2D eigenvalue weighted by Gasteiger charge is 2.18. The largest absolute Gasteiger partial charge is 0.490 e. The summed E-state index contributed by atoms with van der Waals surface area (Å²) in [6.45, 7) is 7.85. The number of ether oxygens (including phenoxy) is 2. The molecular formula is C15H23BrN2O3. The maximum atomic E-state index is 11.2. The summed E-state index contributed by atoms with van der Waals surface area (Å²) in [5, 5.41) is 3.34. The second-order valence-electron chi connectivity index (χ2n) is 4.68. The first-order valence-electron chi connectivity index (χ1n) is 7.11. The Balaban J connectivity index is 2.98. The van der Waals surface area contributed by atoms with Crippen LogP contribution in [0.2, 0.25) is 0 Å². The molecule has 3 N–H and O–H groups in total. The van der Waals surface area contributed by atoms with E-state index >= 15 is 0 Å². The molecule has 1 unspecified atom stereocenters. The predicted octanol–water partition coefficient (Wildman–Crippen LogP) is 2.60. The van der Waals surface area contributed by atoms with Gasteiger partial charge in [-0.05, 0) is 60.4 Å². The van der Waals surface area contributed by atoms with Crippen LogP contribution in [0.3, 0.4) is 0 Å². The Bertz CT molecular complexity index is 480. The molecule has 0 heterocycles. The van der Waals surface area contributed by atoms with Crippen molar-refractivity contribution < 1.29 is 14.3 Å². The van der Waals surface area contributed by atoms with Crippen LogP contribution >= 0.6 is 15.9 Å². The van der Waals surface area contributed by atoms with Gasteiger partial charge in [0.15, 0.2) is 17.6 Å². The van der Waals surface area contributed by atoms with Crippen molar-refractivity contribution in [3.63, 3.8) is 0 Å². The fourth-order valence-electron chi connectivity index (χ4n) is 1.75. The van der Waals surface area contributed by atoms with Crippen molar-refractivity contribution >= 4 is 21.8 Å². The maximum absolute atomic E-state index is 11.2. The number of nitrogens with one attached hydrogen (secondary N) is 1. The molecule has 0 saturated carbocycles. The highest BCUT2D eigenvalue weighted by atomic mass is 79.9. The van der Waals surface area contributed by atoms with Crippen LogP contribution in [0.25, 0.3) is 0 Å². The molecule has 1 amide bonds. The van der Waals surface area contributed by atoms with E-state index in [1.165, 1.54) is 0 Å². The molecule has 0 spiro atoms. The van der Waals surface area contributed by atoms with Gasteiger partial charge in [-0.2, -0.15) is 0 Å². The third-order valence-corrected chi connectivity index (χ3v) is 3.41. The summed E-state index contributed by atoms with van der Waals surface area (Å²) in [7, 11) is 0.